The van der Waals surface area contributed by atoms with Crippen LogP contribution in [-0.2, 0) is 9.59 Å². The average molecular weight is 291 g/mol. The Morgan fingerprint density at radius 1 is 1.10 bits per heavy atom. The van der Waals surface area contributed by atoms with Gasteiger partial charge in [0.05, 0.1) is 6.54 Å². The standard InChI is InChI=1S/C16H25N3O2/c1-12(2)17-14(20)11-19(5)15(16(21)18(3)4)13-9-7-6-8-10-13/h6-10,12,15H,11H2,1-5H3,(H,17,20). The SMILES string of the molecule is CC(C)NC(=O)CN(C)C(C(=O)N(C)C)c1ccccc1. The predicted octanol–water partition coefficient (Wildman–Crippen LogP) is 1.27. The quantitative estimate of drug-likeness (QED) is 0.859. The monoisotopic (exact) mass is 291 g/mol. The summed E-state index contributed by atoms with van der Waals surface area (Å²) in [5.74, 6) is -0.124. The van der Waals surface area contributed by atoms with Crippen LogP contribution < -0.4 is 5.32 Å². The van der Waals surface area contributed by atoms with Crippen molar-refractivity contribution in [1.82, 2.24) is 15.1 Å². The Bertz CT molecular complexity index is 472. The molecule has 1 N–H and O–H groups in total. The van der Waals surface area contributed by atoms with E-state index in [9.17, 15) is 9.59 Å². The summed E-state index contributed by atoms with van der Waals surface area (Å²) in [5, 5.41) is 2.84. The molecule has 5 nitrogen and oxygen atoms in total. The molecule has 0 aliphatic rings. The summed E-state index contributed by atoms with van der Waals surface area (Å²) in [4.78, 5) is 27.7. The topological polar surface area (TPSA) is 52.7 Å². The minimum Gasteiger partial charge on any atom is -0.353 e. The number of carbonyl (C=O) groups is 2. The zero-order valence-corrected chi connectivity index (χ0v) is 13.5. The van der Waals surface area contributed by atoms with Crippen molar-refractivity contribution in [3.8, 4) is 0 Å². The van der Waals surface area contributed by atoms with Gasteiger partial charge in [-0.05, 0) is 26.5 Å². The molecule has 1 unspecified atom stereocenters. The molecule has 1 aromatic rings. The van der Waals surface area contributed by atoms with E-state index in [1.54, 1.807) is 30.9 Å². The number of hydrogen-bond donors (Lipinski definition) is 1. The summed E-state index contributed by atoms with van der Waals surface area (Å²) in [6, 6.07) is 9.14. The van der Waals surface area contributed by atoms with Crippen molar-refractivity contribution in [2.24, 2.45) is 0 Å². The van der Waals surface area contributed by atoms with Crippen LogP contribution in [0.3, 0.4) is 0 Å². The zero-order valence-electron chi connectivity index (χ0n) is 13.5. The third-order valence-electron chi connectivity index (χ3n) is 3.07. The zero-order chi connectivity index (χ0) is 16.0. The van der Waals surface area contributed by atoms with E-state index < -0.39 is 6.04 Å². The number of likely N-dealkylation sites (N-methyl/N-ethyl adjacent to an activating group) is 2. The van der Waals surface area contributed by atoms with E-state index in [1.165, 1.54) is 0 Å². The summed E-state index contributed by atoms with van der Waals surface area (Å²) in [6.45, 7) is 4.01. The van der Waals surface area contributed by atoms with Gasteiger partial charge in [-0.2, -0.15) is 0 Å². The Morgan fingerprint density at radius 2 is 1.67 bits per heavy atom. The molecule has 0 fully saturated rings. The van der Waals surface area contributed by atoms with Gasteiger partial charge in [0.25, 0.3) is 0 Å². The van der Waals surface area contributed by atoms with E-state index in [1.807, 2.05) is 44.2 Å². The van der Waals surface area contributed by atoms with Crippen LogP contribution in [0.5, 0.6) is 0 Å². The minimum absolute atomic E-state index is 0.0407. The smallest absolute Gasteiger partial charge is 0.244 e. The first-order valence-electron chi connectivity index (χ1n) is 7.08. The Balaban J connectivity index is 2.92. The van der Waals surface area contributed by atoms with Gasteiger partial charge in [-0.15, -0.1) is 0 Å². The molecule has 0 saturated carbocycles. The third kappa shape index (κ3) is 5.19. The molecule has 0 aromatic heterocycles. The molecule has 0 saturated heterocycles. The van der Waals surface area contributed by atoms with E-state index in [4.69, 9.17) is 0 Å². The molecule has 21 heavy (non-hydrogen) atoms. The second-order valence-electron chi connectivity index (χ2n) is 5.68. The van der Waals surface area contributed by atoms with Crippen LogP contribution >= 0.6 is 0 Å². The van der Waals surface area contributed by atoms with Crippen LogP contribution in [0.2, 0.25) is 0 Å². The van der Waals surface area contributed by atoms with Gasteiger partial charge in [-0.25, -0.2) is 0 Å². The van der Waals surface area contributed by atoms with E-state index in [0.717, 1.165) is 5.56 Å². The summed E-state index contributed by atoms with van der Waals surface area (Å²) >= 11 is 0. The van der Waals surface area contributed by atoms with E-state index >= 15 is 0 Å². The molecule has 1 rings (SSSR count). The Morgan fingerprint density at radius 3 is 2.14 bits per heavy atom. The van der Waals surface area contributed by atoms with Crippen molar-refractivity contribution in [3.63, 3.8) is 0 Å². The highest BCUT2D eigenvalue weighted by atomic mass is 16.2. The fourth-order valence-electron chi connectivity index (χ4n) is 2.15. The highest BCUT2D eigenvalue weighted by molar-refractivity contribution is 5.84. The first-order chi connectivity index (χ1) is 9.82. The van der Waals surface area contributed by atoms with Crippen molar-refractivity contribution in [2.75, 3.05) is 27.7 Å². The van der Waals surface area contributed by atoms with Gasteiger partial charge in [-0.3, -0.25) is 14.5 Å². The lowest BCUT2D eigenvalue weighted by atomic mass is 10.0. The summed E-state index contributed by atoms with van der Waals surface area (Å²) in [7, 11) is 5.24. The van der Waals surface area contributed by atoms with Crippen molar-refractivity contribution in [2.45, 2.75) is 25.9 Å². The highest BCUT2D eigenvalue weighted by Crippen LogP contribution is 2.20. The molecule has 0 spiro atoms. The fraction of sp³-hybridized carbons (Fsp3) is 0.500. The van der Waals surface area contributed by atoms with Gasteiger partial charge in [-0.1, -0.05) is 30.3 Å². The first kappa shape index (κ1) is 17.2. The largest absolute Gasteiger partial charge is 0.353 e. The maximum atomic E-state index is 12.4. The van der Waals surface area contributed by atoms with Crippen LogP contribution in [0, 0.1) is 0 Å². The number of nitrogens with one attached hydrogen (secondary N) is 1. The van der Waals surface area contributed by atoms with Crippen LogP contribution in [0.1, 0.15) is 25.5 Å². The maximum absolute atomic E-state index is 12.4. The van der Waals surface area contributed by atoms with Crippen molar-refractivity contribution < 1.29 is 9.59 Å². The lowest BCUT2D eigenvalue weighted by Crippen LogP contribution is -2.44. The van der Waals surface area contributed by atoms with Crippen molar-refractivity contribution in [1.29, 1.82) is 0 Å². The number of benzene rings is 1. The Kier molecular flexibility index (Phi) is 6.37. The molecular formula is C16H25N3O2. The Labute approximate surface area is 126 Å². The van der Waals surface area contributed by atoms with Crippen LogP contribution in [0.4, 0.5) is 0 Å². The molecule has 1 atom stereocenters. The van der Waals surface area contributed by atoms with E-state index in [-0.39, 0.29) is 24.4 Å². The molecule has 0 heterocycles. The molecule has 1 aromatic carbocycles. The van der Waals surface area contributed by atoms with Gasteiger partial charge in [0.1, 0.15) is 6.04 Å². The molecule has 2 amide bonds. The summed E-state index contributed by atoms with van der Waals surface area (Å²) in [6.07, 6.45) is 0. The molecule has 0 radical (unpaired) electrons. The van der Waals surface area contributed by atoms with E-state index in [2.05, 4.69) is 5.32 Å². The summed E-state index contributed by atoms with van der Waals surface area (Å²) in [5.41, 5.74) is 0.885. The normalized spacial score (nSPS) is 12.3. The second-order valence-corrected chi connectivity index (χ2v) is 5.68. The van der Waals surface area contributed by atoms with Gasteiger partial charge < -0.3 is 10.2 Å². The number of carbonyl (C=O) groups excluding carboxylic acids is 2. The molecular weight excluding hydrogens is 266 g/mol. The van der Waals surface area contributed by atoms with Crippen LogP contribution in [0.15, 0.2) is 30.3 Å². The van der Waals surface area contributed by atoms with Gasteiger partial charge in [0, 0.05) is 20.1 Å². The average Bonchev–Trinajstić information content (AvgIpc) is 2.38. The van der Waals surface area contributed by atoms with Crippen molar-refractivity contribution >= 4 is 11.8 Å². The molecule has 116 valence electrons. The number of hydrogen-bond acceptors (Lipinski definition) is 3. The minimum atomic E-state index is -0.459. The van der Waals surface area contributed by atoms with Gasteiger partial charge in [0.15, 0.2) is 0 Å². The van der Waals surface area contributed by atoms with Crippen LogP contribution in [-0.4, -0.2) is 55.3 Å². The molecule has 0 aliphatic carbocycles. The fourth-order valence-corrected chi connectivity index (χ4v) is 2.15. The molecule has 0 bridgehead atoms. The van der Waals surface area contributed by atoms with Gasteiger partial charge in [0.2, 0.25) is 11.8 Å². The number of rotatable bonds is 6. The summed E-state index contributed by atoms with van der Waals surface area (Å²) < 4.78 is 0. The van der Waals surface area contributed by atoms with E-state index in [0.29, 0.717) is 0 Å². The lowest BCUT2D eigenvalue weighted by Gasteiger charge is -2.29. The lowest BCUT2D eigenvalue weighted by molar-refractivity contribution is -0.135. The third-order valence-corrected chi connectivity index (χ3v) is 3.07. The van der Waals surface area contributed by atoms with Crippen molar-refractivity contribution in [3.05, 3.63) is 35.9 Å². The number of amides is 2. The Hall–Kier alpha value is -1.88. The predicted molar refractivity (Wildman–Crippen MR) is 83.8 cm³/mol. The maximum Gasteiger partial charge on any atom is 0.244 e. The number of nitrogens with zero attached hydrogens (tertiary/aromatic N) is 2. The first-order valence-corrected chi connectivity index (χ1v) is 7.08. The molecule has 0 aliphatic heterocycles. The van der Waals surface area contributed by atoms with Gasteiger partial charge >= 0.3 is 0 Å². The highest BCUT2D eigenvalue weighted by Gasteiger charge is 2.27. The van der Waals surface area contributed by atoms with Crippen LogP contribution in [0.25, 0.3) is 0 Å². The molecule has 5 heteroatoms. The second kappa shape index (κ2) is 7.78.